The first-order valence-electron chi connectivity index (χ1n) is 11.1. The Balaban J connectivity index is 1.43. The van der Waals surface area contributed by atoms with Crippen LogP contribution in [0.2, 0.25) is 0 Å². The normalized spacial score (nSPS) is 16.0. The molecule has 0 bridgehead atoms. The van der Waals surface area contributed by atoms with Gasteiger partial charge in [-0.2, -0.15) is 0 Å². The van der Waals surface area contributed by atoms with Crippen LogP contribution in [-0.4, -0.2) is 71.4 Å². The number of aromatic hydroxyl groups is 1. The summed E-state index contributed by atoms with van der Waals surface area (Å²) in [6, 6.07) is 19.2. The van der Waals surface area contributed by atoms with E-state index in [0.717, 1.165) is 53.7 Å². The molecule has 1 fully saturated rings. The molecule has 0 saturated carbocycles. The van der Waals surface area contributed by atoms with Gasteiger partial charge in [0, 0.05) is 38.5 Å². The number of phenols is 1. The minimum Gasteiger partial charge on any atom is -0.508 e. The van der Waals surface area contributed by atoms with Crippen LogP contribution in [0.15, 0.2) is 60.7 Å². The molecular weight excluding hydrogens is 404 g/mol. The Morgan fingerprint density at radius 1 is 0.969 bits per heavy atom. The highest BCUT2D eigenvalue weighted by Gasteiger charge is 2.19. The number of benzene rings is 3. The summed E-state index contributed by atoms with van der Waals surface area (Å²) in [6.07, 6.45) is 0.297. The van der Waals surface area contributed by atoms with E-state index in [4.69, 9.17) is 4.74 Å². The largest absolute Gasteiger partial charge is 0.508 e. The van der Waals surface area contributed by atoms with Gasteiger partial charge in [-0.3, -0.25) is 9.69 Å². The fourth-order valence-corrected chi connectivity index (χ4v) is 4.30. The van der Waals surface area contributed by atoms with Gasteiger partial charge in [0.25, 0.3) is 0 Å². The van der Waals surface area contributed by atoms with Crippen molar-refractivity contribution in [2.24, 2.45) is 0 Å². The van der Waals surface area contributed by atoms with Gasteiger partial charge < -0.3 is 19.8 Å². The van der Waals surface area contributed by atoms with Gasteiger partial charge >= 0.3 is 0 Å². The van der Waals surface area contributed by atoms with Gasteiger partial charge in [-0.05, 0) is 47.7 Å². The lowest BCUT2D eigenvalue weighted by atomic mass is 9.97. The van der Waals surface area contributed by atoms with Crippen LogP contribution in [0.4, 0.5) is 0 Å². The fraction of sp³-hybridized carbons (Fsp3) is 0.346. The van der Waals surface area contributed by atoms with E-state index in [-0.39, 0.29) is 18.3 Å². The number of fused-ring (bicyclic) bond motifs is 1. The van der Waals surface area contributed by atoms with E-state index in [2.05, 4.69) is 11.0 Å². The van der Waals surface area contributed by atoms with Crippen molar-refractivity contribution < 1.29 is 19.7 Å². The number of nitrogens with zero attached hydrogens (tertiary/aromatic N) is 2. The number of carbonyl (C=O) groups excluding carboxylic acids is 1. The lowest BCUT2D eigenvalue weighted by molar-refractivity contribution is -0.128. The van der Waals surface area contributed by atoms with E-state index >= 15 is 0 Å². The molecular formula is C26H30N2O4. The maximum absolute atomic E-state index is 11.6. The Bertz CT molecular complexity index is 1070. The molecule has 168 valence electrons. The van der Waals surface area contributed by atoms with E-state index in [0.29, 0.717) is 13.1 Å². The van der Waals surface area contributed by atoms with Crippen molar-refractivity contribution in [2.75, 3.05) is 39.3 Å². The monoisotopic (exact) mass is 434 g/mol. The summed E-state index contributed by atoms with van der Waals surface area (Å²) in [4.78, 5) is 15.7. The number of β-amino-alcohol motifs (C(OH)–C–C–N with tert-alkyl or cyclic N) is 1. The van der Waals surface area contributed by atoms with E-state index in [9.17, 15) is 15.0 Å². The number of ether oxygens (including phenoxy) is 1. The number of rotatable bonds is 6. The zero-order chi connectivity index (χ0) is 22.5. The molecule has 1 unspecified atom stereocenters. The van der Waals surface area contributed by atoms with E-state index in [1.807, 2.05) is 47.4 Å². The van der Waals surface area contributed by atoms with E-state index < -0.39 is 6.10 Å². The second-order valence-corrected chi connectivity index (χ2v) is 8.33. The summed E-state index contributed by atoms with van der Waals surface area (Å²) in [5, 5.41) is 22.2. The molecule has 1 aliphatic rings. The van der Waals surface area contributed by atoms with Crippen molar-refractivity contribution in [1.82, 2.24) is 9.80 Å². The molecule has 3 aromatic rings. The molecule has 1 atom stereocenters. The maximum Gasteiger partial charge on any atom is 0.219 e. The SMILES string of the molecule is CC(=O)N1CCCN(CC(O)COc2ccc(-c3ccc(O)cc3)c3ccccc23)CC1. The van der Waals surface area contributed by atoms with E-state index in [1.54, 1.807) is 19.1 Å². The van der Waals surface area contributed by atoms with Gasteiger partial charge in [-0.15, -0.1) is 0 Å². The molecule has 2 N–H and O–H groups in total. The average Bonchev–Trinajstić information content (AvgIpc) is 3.04. The highest BCUT2D eigenvalue weighted by Crippen LogP contribution is 2.35. The van der Waals surface area contributed by atoms with Crippen molar-refractivity contribution in [3.63, 3.8) is 0 Å². The zero-order valence-electron chi connectivity index (χ0n) is 18.4. The van der Waals surface area contributed by atoms with Gasteiger partial charge in [0.15, 0.2) is 0 Å². The summed E-state index contributed by atoms with van der Waals surface area (Å²) in [6.45, 7) is 5.44. The average molecular weight is 435 g/mol. The van der Waals surface area contributed by atoms with Crippen LogP contribution in [0.25, 0.3) is 21.9 Å². The predicted octanol–water partition coefficient (Wildman–Crippen LogP) is 3.51. The summed E-state index contributed by atoms with van der Waals surface area (Å²) in [5.41, 5.74) is 2.08. The Morgan fingerprint density at radius 3 is 2.47 bits per heavy atom. The van der Waals surface area contributed by atoms with Crippen LogP contribution >= 0.6 is 0 Å². The zero-order valence-corrected chi connectivity index (χ0v) is 18.4. The van der Waals surface area contributed by atoms with Crippen LogP contribution in [0.1, 0.15) is 13.3 Å². The standard InChI is InChI=1S/C26H30N2O4/c1-19(29)28-14-4-13-27(15-16-28)17-22(31)18-32-26-12-11-23(20-7-9-21(30)10-8-20)24-5-2-3-6-25(24)26/h2-3,5-12,22,30-31H,4,13-18H2,1H3. The van der Waals surface area contributed by atoms with E-state index in [1.165, 1.54) is 0 Å². The minimum atomic E-state index is -0.616. The number of aliphatic hydroxyl groups excluding tert-OH is 1. The molecule has 1 amide bonds. The number of amides is 1. The van der Waals surface area contributed by atoms with Crippen LogP contribution in [0, 0.1) is 0 Å². The van der Waals surface area contributed by atoms with Crippen molar-refractivity contribution in [1.29, 1.82) is 0 Å². The Kier molecular flexibility index (Phi) is 6.93. The Hall–Kier alpha value is -3.09. The number of carbonyl (C=O) groups is 1. The summed E-state index contributed by atoms with van der Waals surface area (Å²) < 4.78 is 6.04. The third-order valence-corrected chi connectivity index (χ3v) is 6.00. The molecule has 6 heteroatoms. The Morgan fingerprint density at radius 2 is 1.72 bits per heavy atom. The quantitative estimate of drug-likeness (QED) is 0.621. The van der Waals surface area contributed by atoms with Gasteiger partial charge in [0.1, 0.15) is 24.2 Å². The second kappa shape index (κ2) is 10.0. The highest BCUT2D eigenvalue weighted by atomic mass is 16.5. The Labute approximate surface area is 188 Å². The summed E-state index contributed by atoms with van der Waals surface area (Å²) in [5.74, 6) is 1.09. The second-order valence-electron chi connectivity index (χ2n) is 8.33. The molecule has 0 radical (unpaired) electrons. The van der Waals surface area contributed by atoms with Crippen LogP contribution in [-0.2, 0) is 4.79 Å². The van der Waals surface area contributed by atoms with Crippen molar-refractivity contribution in [3.05, 3.63) is 60.7 Å². The third-order valence-electron chi connectivity index (χ3n) is 6.00. The molecule has 0 aliphatic carbocycles. The van der Waals surface area contributed by atoms with Gasteiger partial charge in [-0.25, -0.2) is 0 Å². The van der Waals surface area contributed by atoms with Crippen molar-refractivity contribution >= 4 is 16.7 Å². The van der Waals surface area contributed by atoms with Crippen LogP contribution < -0.4 is 4.74 Å². The van der Waals surface area contributed by atoms with Crippen LogP contribution in [0.3, 0.4) is 0 Å². The molecule has 1 heterocycles. The molecule has 3 aromatic carbocycles. The molecule has 0 aromatic heterocycles. The molecule has 4 rings (SSSR count). The first-order valence-corrected chi connectivity index (χ1v) is 11.1. The summed E-state index contributed by atoms with van der Waals surface area (Å²) >= 11 is 0. The van der Waals surface area contributed by atoms with Gasteiger partial charge in [0.05, 0.1) is 0 Å². The van der Waals surface area contributed by atoms with Crippen molar-refractivity contribution in [3.8, 4) is 22.6 Å². The number of aliphatic hydroxyl groups is 1. The molecule has 32 heavy (non-hydrogen) atoms. The maximum atomic E-state index is 11.6. The van der Waals surface area contributed by atoms with Gasteiger partial charge in [0.2, 0.25) is 5.91 Å². The first-order chi connectivity index (χ1) is 15.5. The number of phenolic OH excluding ortho intramolecular Hbond substituents is 1. The topological polar surface area (TPSA) is 73.2 Å². The minimum absolute atomic E-state index is 0.110. The first kappa shape index (κ1) is 22.1. The van der Waals surface area contributed by atoms with Crippen molar-refractivity contribution in [2.45, 2.75) is 19.4 Å². The lowest BCUT2D eigenvalue weighted by Gasteiger charge is -2.24. The molecule has 1 saturated heterocycles. The molecule has 1 aliphatic heterocycles. The summed E-state index contributed by atoms with van der Waals surface area (Å²) in [7, 11) is 0. The third kappa shape index (κ3) is 5.21. The molecule has 6 nitrogen and oxygen atoms in total. The van der Waals surface area contributed by atoms with Gasteiger partial charge in [-0.1, -0.05) is 42.5 Å². The van der Waals surface area contributed by atoms with Crippen LogP contribution in [0.5, 0.6) is 11.5 Å². The number of hydrogen-bond donors (Lipinski definition) is 2. The highest BCUT2D eigenvalue weighted by molar-refractivity contribution is 6.00. The lowest BCUT2D eigenvalue weighted by Crippen LogP contribution is -2.38. The fourth-order valence-electron chi connectivity index (χ4n) is 4.30. The predicted molar refractivity (Wildman–Crippen MR) is 126 cm³/mol. The number of hydrogen-bond acceptors (Lipinski definition) is 5. The molecule has 0 spiro atoms. The smallest absolute Gasteiger partial charge is 0.219 e.